The van der Waals surface area contributed by atoms with Gasteiger partial charge in [-0.1, -0.05) is 32.4 Å². The van der Waals surface area contributed by atoms with Gasteiger partial charge in [-0.15, -0.1) is 0 Å². The molecule has 162 valence electrons. The summed E-state index contributed by atoms with van der Waals surface area (Å²) in [5.74, 6) is -1.04. The van der Waals surface area contributed by atoms with E-state index in [1.54, 1.807) is 12.1 Å². The normalized spacial score (nSPS) is 11.6. The number of benzene rings is 2. The van der Waals surface area contributed by atoms with Crippen LogP contribution in [-0.2, 0) is 16.1 Å². The van der Waals surface area contributed by atoms with Crippen molar-refractivity contribution in [2.45, 2.75) is 45.7 Å². The lowest BCUT2D eigenvalue weighted by Gasteiger charge is -2.30. The van der Waals surface area contributed by atoms with Gasteiger partial charge < -0.3 is 15.0 Å². The van der Waals surface area contributed by atoms with Gasteiger partial charge >= 0.3 is 0 Å². The van der Waals surface area contributed by atoms with E-state index in [1.807, 2.05) is 13.8 Å². The number of hydrogen-bond acceptors (Lipinski definition) is 3. The van der Waals surface area contributed by atoms with Crippen LogP contribution in [0, 0.1) is 11.6 Å². The van der Waals surface area contributed by atoms with Crippen molar-refractivity contribution in [1.82, 2.24) is 10.2 Å². The molecule has 2 aromatic rings. The Labute approximate surface area is 176 Å². The summed E-state index contributed by atoms with van der Waals surface area (Å²) in [6.45, 7) is 4.24. The molecule has 2 amide bonds. The predicted molar refractivity (Wildman–Crippen MR) is 111 cm³/mol. The average Bonchev–Trinajstić information content (AvgIpc) is 2.74. The third kappa shape index (κ3) is 7.13. The highest BCUT2D eigenvalue weighted by molar-refractivity contribution is 5.88. The summed E-state index contributed by atoms with van der Waals surface area (Å²) in [6.07, 6.45) is 2.21. The van der Waals surface area contributed by atoms with Crippen molar-refractivity contribution in [2.24, 2.45) is 0 Å². The van der Waals surface area contributed by atoms with Gasteiger partial charge in [0.25, 0.3) is 5.91 Å². The van der Waals surface area contributed by atoms with Crippen LogP contribution < -0.4 is 10.1 Å². The summed E-state index contributed by atoms with van der Waals surface area (Å²) < 4.78 is 31.8. The van der Waals surface area contributed by atoms with Crippen molar-refractivity contribution in [3.8, 4) is 5.75 Å². The van der Waals surface area contributed by atoms with Gasteiger partial charge in [-0.05, 0) is 54.8 Å². The molecule has 30 heavy (non-hydrogen) atoms. The number of carbonyl (C=O) groups is 2. The highest BCUT2D eigenvalue weighted by atomic mass is 19.1. The molecule has 2 rings (SSSR count). The Morgan fingerprint density at radius 2 is 1.60 bits per heavy atom. The van der Waals surface area contributed by atoms with Crippen LogP contribution >= 0.6 is 0 Å². The van der Waals surface area contributed by atoms with Gasteiger partial charge in [0.2, 0.25) is 5.91 Å². The first-order chi connectivity index (χ1) is 14.4. The second-order valence-electron chi connectivity index (χ2n) is 6.96. The summed E-state index contributed by atoms with van der Waals surface area (Å²) in [7, 11) is 0. The number of carbonyl (C=O) groups excluding carboxylic acids is 2. The van der Waals surface area contributed by atoms with Gasteiger partial charge in [-0.25, -0.2) is 8.78 Å². The lowest BCUT2D eigenvalue weighted by Crippen LogP contribution is -2.50. The maximum Gasteiger partial charge on any atom is 0.261 e. The zero-order valence-electron chi connectivity index (χ0n) is 17.4. The monoisotopic (exact) mass is 418 g/mol. The van der Waals surface area contributed by atoms with Crippen molar-refractivity contribution < 1.29 is 23.1 Å². The molecular weight excluding hydrogens is 390 g/mol. The number of ether oxygens (including phenoxy) is 1. The average molecular weight is 418 g/mol. The summed E-state index contributed by atoms with van der Waals surface area (Å²) in [5, 5.41) is 2.87. The minimum atomic E-state index is -0.684. The molecule has 2 aromatic carbocycles. The molecule has 1 atom stereocenters. The van der Waals surface area contributed by atoms with E-state index in [0.29, 0.717) is 24.3 Å². The molecule has 0 saturated heterocycles. The van der Waals surface area contributed by atoms with E-state index >= 15 is 0 Å². The van der Waals surface area contributed by atoms with Crippen molar-refractivity contribution in [3.63, 3.8) is 0 Å². The second kappa shape index (κ2) is 11.9. The first-order valence-corrected chi connectivity index (χ1v) is 10.1. The predicted octanol–water partition coefficient (Wildman–Crippen LogP) is 4.07. The number of halogens is 2. The van der Waals surface area contributed by atoms with Crippen molar-refractivity contribution >= 4 is 11.8 Å². The Kier molecular flexibility index (Phi) is 9.25. The van der Waals surface area contributed by atoms with Gasteiger partial charge in [0, 0.05) is 13.1 Å². The molecule has 0 unspecified atom stereocenters. The zero-order chi connectivity index (χ0) is 21.9. The minimum absolute atomic E-state index is 0.144. The summed E-state index contributed by atoms with van der Waals surface area (Å²) >= 11 is 0. The molecule has 1 N–H and O–H groups in total. The Morgan fingerprint density at radius 3 is 2.17 bits per heavy atom. The smallest absolute Gasteiger partial charge is 0.261 e. The molecule has 0 heterocycles. The number of rotatable bonds is 11. The maximum atomic E-state index is 13.3. The standard InChI is InChI=1S/C23H28F2N2O3/c1-3-5-14-26-23(29)21(4-2)27(15-17-6-8-18(24)9-7-17)22(28)16-30-20-12-10-19(25)11-13-20/h6-13,21H,3-5,14-16H2,1-2H3,(H,26,29)/t21-/m1/s1. The second-order valence-corrected chi connectivity index (χ2v) is 6.96. The SMILES string of the molecule is CCCCNC(=O)[C@@H](CC)N(Cc1ccc(F)cc1)C(=O)COc1ccc(F)cc1. The van der Waals surface area contributed by atoms with Gasteiger partial charge in [-0.2, -0.15) is 0 Å². The summed E-state index contributed by atoms with van der Waals surface area (Å²) in [6, 6.07) is 10.5. The zero-order valence-corrected chi connectivity index (χ0v) is 17.4. The van der Waals surface area contributed by atoms with Crippen LogP contribution in [0.2, 0.25) is 0 Å². The molecule has 0 saturated carbocycles. The molecule has 0 aromatic heterocycles. The molecule has 0 aliphatic rings. The van der Waals surface area contributed by atoms with E-state index in [9.17, 15) is 18.4 Å². The van der Waals surface area contributed by atoms with Gasteiger partial charge in [-0.3, -0.25) is 9.59 Å². The fourth-order valence-electron chi connectivity index (χ4n) is 2.97. The van der Waals surface area contributed by atoms with E-state index < -0.39 is 11.9 Å². The van der Waals surface area contributed by atoms with E-state index in [2.05, 4.69) is 5.32 Å². The van der Waals surface area contributed by atoms with Gasteiger partial charge in [0.05, 0.1) is 0 Å². The molecule has 0 spiro atoms. The molecule has 5 nitrogen and oxygen atoms in total. The fourth-order valence-corrected chi connectivity index (χ4v) is 2.97. The van der Waals surface area contributed by atoms with Crippen LogP contribution in [0.3, 0.4) is 0 Å². The largest absolute Gasteiger partial charge is 0.484 e. The minimum Gasteiger partial charge on any atom is -0.484 e. The lowest BCUT2D eigenvalue weighted by atomic mass is 10.1. The Bertz CT molecular complexity index is 810. The van der Waals surface area contributed by atoms with Crippen molar-refractivity contribution in [1.29, 1.82) is 0 Å². The van der Waals surface area contributed by atoms with Gasteiger partial charge in [0.15, 0.2) is 6.61 Å². The van der Waals surface area contributed by atoms with Crippen LogP contribution in [0.5, 0.6) is 5.75 Å². The topological polar surface area (TPSA) is 58.6 Å². The van der Waals surface area contributed by atoms with Crippen LogP contribution in [0.15, 0.2) is 48.5 Å². The Balaban J connectivity index is 2.15. The summed E-state index contributed by atoms with van der Waals surface area (Å²) in [5.41, 5.74) is 0.700. The molecule has 0 aliphatic carbocycles. The molecule has 0 fully saturated rings. The first-order valence-electron chi connectivity index (χ1n) is 10.1. The Morgan fingerprint density at radius 1 is 1.00 bits per heavy atom. The lowest BCUT2D eigenvalue weighted by molar-refractivity contribution is -0.143. The van der Waals surface area contributed by atoms with Crippen molar-refractivity contribution in [2.75, 3.05) is 13.2 Å². The van der Waals surface area contributed by atoms with E-state index in [-0.39, 0.29) is 30.8 Å². The van der Waals surface area contributed by atoms with E-state index in [1.165, 1.54) is 41.3 Å². The highest BCUT2D eigenvalue weighted by Gasteiger charge is 2.28. The van der Waals surface area contributed by atoms with E-state index in [4.69, 9.17) is 4.74 Å². The summed E-state index contributed by atoms with van der Waals surface area (Å²) in [4.78, 5) is 27.1. The third-order valence-electron chi connectivity index (χ3n) is 4.66. The van der Waals surface area contributed by atoms with E-state index in [0.717, 1.165) is 12.8 Å². The number of nitrogens with one attached hydrogen (secondary N) is 1. The van der Waals surface area contributed by atoms with Crippen molar-refractivity contribution in [3.05, 3.63) is 65.7 Å². The maximum absolute atomic E-state index is 13.3. The van der Waals surface area contributed by atoms with Crippen LogP contribution in [0.1, 0.15) is 38.7 Å². The quantitative estimate of drug-likeness (QED) is 0.560. The number of nitrogens with zero attached hydrogens (tertiary/aromatic N) is 1. The van der Waals surface area contributed by atoms with Crippen LogP contribution in [0.25, 0.3) is 0 Å². The first kappa shape index (κ1) is 23.3. The Hall–Kier alpha value is -2.96. The number of hydrogen-bond donors (Lipinski definition) is 1. The molecule has 7 heteroatoms. The fraction of sp³-hybridized carbons (Fsp3) is 0.391. The van der Waals surface area contributed by atoms with Crippen LogP contribution in [0.4, 0.5) is 8.78 Å². The number of unbranched alkanes of at least 4 members (excludes halogenated alkanes) is 1. The molecular formula is C23H28F2N2O3. The molecule has 0 bridgehead atoms. The van der Waals surface area contributed by atoms with Crippen LogP contribution in [-0.4, -0.2) is 35.9 Å². The third-order valence-corrected chi connectivity index (χ3v) is 4.66. The molecule has 0 radical (unpaired) electrons. The highest BCUT2D eigenvalue weighted by Crippen LogP contribution is 2.15. The number of amides is 2. The molecule has 0 aliphatic heterocycles. The van der Waals surface area contributed by atoms with Gasteiger partial charge in [0.1, 0.15) is 23.4 Å².